The molecule has 0 spiro atoms. The average molecular weight is 711 g/mol. The van der Waals surface area contributed by atoms with Gasteiger partial charge in [0.1, 0.15) is 18.3 Å². The van der Waals surface area contributed by atoms with Crippen LogP contribution in [0.1, 0.15) is 44.4 Å². The molecule has 2 amide bonds. The Bertz CT molecular complexity index is 1810. The molecule has 0 saturated carbocycles. The van der Waals surface area contributed by atoms with Crippen LogP contribution in [0.2, 0.25) is 10.0 Å². The van der Waals surface area contributed by atoms with Gasteiger partial charge in [0.25, 0.3) is 10.0 Å². The van der Waals surface area contributed by atoms with Gasteiger partial charge in [-0.2, -0.15) is 0 Å². The van der Waals surface area contributed by atoms with E-state index in [-0.39, 0.29) is 23.5 Å². The van der Waals surface area contributed by atoms with E-state index in [0.717, 1.165) is 15.4 Å². The Morgan fingerprint density at radius 2 is 1.54 bits per heavy atom. The van der Waals surface area contributed by atoms with E-state index in [1.54, 1.807) is 54.6 Å². The summed E-state index contributed by atoms with van der Waals surface area (Å²) in [5, 5.41) is 3.74. The largest absolute Gasteiger partial charge is 0.494 e. The molecule has 254 valence electrons. The second-order valence-corrected chi connectivity index (χ2v) is 15.2. The van der Waals surface area contributed by atoms with E-state index >= 15 is 0 Å². The zero-order valence-corrected chi connectivity index (χ0v) is 30.1. The van der Waals surface area contributed by atoms with Crippen molar-refractivity contribution in [2.24, 2.45) is 0 Å². The van der Waals surface area contributed by atoms with Crippen LogP contribution in [0.4, 0.5) is 5.69 Å². The first-order valence-corrected chi connectivity index (χ1v) is 17.8. The number of carbonyl (C=O) groups excluding carboxylic acids is 2. The molecular formula is C37H41Cl2N3O5S. The molecule has 0 aliphatic carbocycles. The molecule has 0 saturated heterocycles. The SMILES string of the molecule is CCOc1ccc(N(CC(=O)N(Cc2ccc(Cl)cc2Cl)[C@H](Cc2ccccc2)C(=O)NC(C)(C)C)S(=O)(=O)c2ccc(C)cc2)cc1. The van der Waals surface area contributed by atoms with Crippen molar-refractivity contribution in [1.29, 1.82) is 0 Å². The van der Waals surface area contributed by atoms with Gasteiger partial charge < -0.3 is 15.0 Å². The molecule has 0 aliphatic rings. The molecule has 0 bridgehead atoms. The summed E-state index contributed by atoms with van der Waals surface area (Å²) in [7, 11) is -4.24. The highest BCUT2D eigenvalue weighted by molar-refractivity contribution is 7.92. The maximum atomic E-state index is 14.7. The fraction of sp³-hybridized carbons (Fsp3) is 0.297. The first-order chi connectivity index (χ1) is 22.7. The normalized spacial score (nSPS) is 12.2. The summed E-state index contributed by atoms with van der Waals surface area (Å²) >= 11 is 12.8. The van der Waals surface area contributed by atoms with Crippen molar-refractivity contribution in [3.63, 3.8) is 0 Å². The number of hydrogen-bond donors (Lipinski definition) is 1. The summed E-state index contributed by atoms with van der Waals surface area (Å²) in [4.78, 5) is 30.1. The van der Waals surface area contributed by atoms with Crippen LogP contribution < -0.4 is 14.4 Å². The van der Waals surface area contributed by atoms with E-state index in [1.807, 2.05) is 65.0 Å². The molecule has 0 aliphatic heterocycles. The molecule has 0 unspecified atom stereocenters. The second kappa shape index (κ2) is 15.9. The molecule has 4 rings (SSSR count). The lowest BCUT2D eigenvalue weighted by Crippen LogP contribution is -2.56. The van der Waals surface area contributed by atoms with Crippen molar-refractivity contribution in [3.05, 3.63) is 124 Å². The Balaban J connectivity index is 1.84. The average Bonchev–Trinajstić information content (AvgIpc) is 3.03. The summed E-state index contributed by atoms with van der Waals surface area (Å²) in [6, 6.07) is 26.2. The maximum absolute atomic E-state index is 14.7. The molecule has 11 heteroatoms. The van der Waals surface area contributed by atoms with Gasteiger partial charge in [-0.05, 0) is 94.3 Å². The predicted molar refractivity (Wildman–Crippen MR) is 192 cm³/mol. The predicted octanol–water partition coefficient (Wildman–Crippen LogP) is 7.45. The van der Waals surface area contributed by atoms with Crippen molar-refractivity contribution in [2.45, 2.75) is 64.1 Å². The summed E-state index contributed by atoms with van der Waals surface area (Å²) in [6.45, 7) is 9.04. The van der Waals surface area contributed by atoms with Crippen molar-refractivity contribution in [1.82, 2.24) is 10.2 Å². The monoisotopic (exact) mass is 709 g/mol. The van der Waals surface area contributed by atoms with Gasteiger partial charge in [0.2, 0.25) is 11.8 Å². The molecule has 4 aromatic rings. The molecule has 0 fully saturated rings. The van der Waals surface area contributed by atoms with Gasteiger partial charge in [-0.15, -0.1) is 0 Å². The van der Waals surface area contributed by atoms with Gasteiger partial charge in [0.15, 0.2) is 0 Å². The highest BCUT2D eigenvalue weighted by Crippen LogP contribution is 2.29. The lowest BCUT2D eigenvalue weighted by Gasteiger charge is -2.35. The fourth-order valence-electron chi connectivity index (χ4n) is 5.08. The lowest BCUT2D eigenvalue weighted by atomic mass is 10.0. The van der Waals surface area contributed by atoms with Gasteiger partial charge in [-0.3, -0.25) is 13.9 Å². The molecule has 1 N–H and O–H groups in total. The standard InChI is InChI=1S/C37H41Cl2N3O5S/c1-6-47-31-18-16-30(17-19-31)42(48(45,46)32-20-12-26(2)13-21-32)25-35(43)41(24-28-14-15-29(38)23-33(28)39)34(36(44)40-37(3,4)5)22-27-10-8-7-9-11-27/h7-21,23,34H,6,22,24-25H2,1-5H3,(H,40,44)/t34-/m1/s1. The van der Waals surface area contributed by atoms with Gasteiger partial charge in [-0.25, -0.2) is 8.42 Å². The number of ether oxygens (including phenoxy) is 1. The molecule has 0 radical (unpaired) electrons. The van der Waals surface area contributed by atoms with E-state index in [4.69, 9.17) is 27.9 Å². The molecule has 0 heterocycles. The van der Waals surface area contributed by atoms with E-state index in [0.29, 0.717) is 28.0 Å². The third-order valence-electron chi connectivity index (χ3n) is 7.45. The number of benzene rings is 4. The Morgan fingerprint density at radius 1 is 0.896 bits per heavy atom. The minimum Gasteiger partial charge on any atom is -0.494 e. The third kappa shape index (κ3) is 9.75. The number of nitrogens with zero attached hydrogens (tertiary/aromatic N) is 2. The van der Waals surface area contributed by atoms with Crippen LogP contribution in [0.3, 0.4) is 0 Å². The number of nitrogens with one attached hydrogen (secondary N) is 1. The van der Waals surface area contributed by atoms with Crippen molar-refractivity contribution in [2.75, 3.05) is 17.5 Å². The number of anilines is 1. The summed E-state index contributed by atoms with van der Waals surface area (Å²) in [5.41, 5.74) is 1.90. The minimum atomic E-state index is -4.24. The molecule has 1 atom stereocenters. The first-order valence-electron chi connectivity index (χ1n) is 15.6. The van der Waals surface area contributed by atoms with Gasteiger partial charge in [0, 0.05) is 28.5 Å². The van der Waals surface area contributed by atoms with Crippen molar-refractivity contribution in [3.8, 4) is 5.75 Å². The van der Waals surface area contributed by atoms with E-state index in [1.165, 1.54) is 17.0 Å². The van der Waals surface area contributed by atoms with Crippen LogP contribution in [0, 0.1) is 6.92 Å². The number of aryl methyl sites for hydroxylation is 1. The number of hydrogen-bond acceptors (Lipinski definition) is 5. The van der Waals surface area contributed by atoms with E-state index < -0.39 is 40.0 Å². The molecule has 48 heavy (non-hydrogen) atoms. The number of carbonyl (C=O) groups is 2. The lowest BCUT2D eigenvalue weighted by molar-refractivity contribution is -0.140. The highest BCUT2D eigenvalue weighted by atomic mass is 35.5. The zero-order chi connectivity index (χ0) is 35.1. The number of sulfonamides is 1. The van der Waals surface area contributed by atoms with Crippen LogP contribution in [-0.2, 0) is 32.6 Å². The molecule has 8 nitrogen and oxygen atoms in total. The highest BCUT2D eigenvalue weighted by Gasteiger charge is 2.36. The van der Waals surface area contributed by atoms with Crippen LogP contribution in [0.15, 0.2) is 102 Å². The van der Waals surface area contributed by atoms with E-state index in [2.05, 4.69) is 5.32 Å². The van der Waals surface area contributed by atoms with Crippen LogP contribution in [0.5, 0.6) is 5.75 Å². The van der Waals surface area contributed by atoms with Crippen molar-refractivity contribution < 1.29 is 22.7 Å². The molecule has 4 aromatic carbocycles. The van der Waals surface area contributed by atoms with Gasteiger partial charge >= 0.3 is 0 Å². The Morgan fingerprint density at radius 3 is 2.12 bits per heavy atom. The number of halogens is 2. The maximum Gasteiger partial charge on any atom is 0.264 e. The summed E-state index contributed by atoms with van der Waals surface area (Å²) in [5.74, 6) is -0.435. The first kappa shape index (κ1) is 36.8. The number of rotatable bonds is 13. The molecular weight excluding hydrogens is 669 g/mol. The summed E-state index contributed by atoms with van der Waals surface area (Å²) < 4.78 is 35.1. The minimum absolute atomic E-state index is 0.0217. The smallest absolute Gasteiger partial charge is 0.264 e. The van der Waals surface area contributed by atoms with Gasteiger partial charge in [-0.1, -0.05) is 77.3 Å². The Labute approximate surface area is 293 Å². The summed E-state index contributed by atoms with van der Waals surface area (Å²) in [6.07, 6.45) is 0.174. The van der Waals surface area contributed by atoms with Crippen molar-refractivity contribution >= 4 is 50.7 Å². The Kier molecular flexibility index (Phi) is 12.2. The Hall–Kier alpha value is -4.05. The van der Waals surface area contributed by atoms with Crippen LogP contribution >= 0.6 is 23.2 Å². The van der Waals surface area contributed by atoms with Crippen LogP contribution in [-0.4, -0.2) is 49.9 Å². The third-order valence-corrected chi connectivity index (χ3v) is 9.82. The molecule has 0 aromatic heterocycles. The van der Waals surface area contributed by atoms with Gasteiger partial charge in [0.05, 0.1) is 17.2 Å². The fourth-order valence-corrected chi connectivity index (χ4v) is 6.96. The number of amides is 2. The zero-order valence-electron chi connectivity index (χ0n) is 27.7. The van der Waals surface area contributed by atoms with Crippen LogP contribution in [0.25, 0.3) is 0 Å². The van der Waals surface area contributed by atoms with E-state index in [9.17, 15) is 18.0 Å². The topological polar surface area (TPSA) is 96.0 Å². The quantitative estimate of drug-likeness (QED) is 0.156. The second-order valence-electron chi connectivity index (χ2n) is 12.5.